The van der Waals surface area contributed by atoms with Gasteiger partial charge in [0.2, 0.25) is 0 Å². The van der Waals surface area contributed by atoms with Gasteiger partial charge in [-0.05, 0) is 57.1 Å². The Morgan fingerprint density at radius 1 is 1.35 bits per heavy atom. The highest BCUT2D eigenvalue weighted by Crippen LogP contribution is 2.34. The summed E-state index contributed by atoms with van der Waals surface area (Å²) in [5, 5.41) is 14.2. The average molecular weight is 295 g/mol. The van der Waals surface area contributed by atoms with Crippen LogP contribution in [0.3, 0.4) is 0 Å². The average Bonchev–Trinajstić information content (AvgIpc) is 2.95. The Kier molecular flexibility index (Phi) is 5.65. The van der Waals surface area contributed by atoms with Gasteiger partial charge in [0.05, 0.1) is 5.60 Å². The summed E-state index contributed by atoms with van der Waals surface area (Å²) >= 11 is 1.89. The van der Waals surface area contributed by atoms with E-state index in [9.17, 15) is 5.11 Å². The Labute approximate surface area is 127 Å². The minimum absolute atomic E-state index is 0.341. The van der Waals surface area contributed by atoms with E-state index in [0.717, 1.165) is 31.7 Å². The number of thiophene rings is 1. The van der Waals surface area contributed by atoms with Crippen molar-refractivity contribution in [2.75, 3.05) is 6.54 Å². The highest BCUT2D eigenvalue weighted by Gasteiger charge is 2.32. The molecule has 1 aromatic rings. The second kappa shape index (κ2) is 7.06. The van der Waals surface area contributed by atoms with Crippen LogP contribution >= 0.6 is 11.3 Å². The lowest BCUT2D eigenvalue weighted by atomic mass is 9.78. The Hall–Kier alpha value is -0.380. The Morgan fingerprint density at radius 3 is 2.60 bits per heavy atom. The van der Waals surface area contributed by atoms with Crippen LogP contribution < -0.4 is 5.32 Å². The number of hydrogen-bond donors (Lipinski definition) is 2. The molecule has 20 heavy (non-hydrogen) atoms. The molecule has 1 unspecified atom stereocenters. The zero-order valence-electron chi connectivity index (χ0n) is 13.1. The lowest BCUT2D eigenvalue weighted by Crippen LogP contribution is -2.44. The number of nitrogens with one attached hydrogen (secondary N) is 1. The first kappa shape index (κ1) is 16.0. The topological polar surface area (TPSA) is 32.3 Å². The van der Waals surface area contributed by atoms with Crippen LogP contribution in [0.4, 0.5) is 0 Å². The minimum atomic E-state index is -0.481. The molecule has 1 saturated carbocycles. The van der Waals surface area contributed by atoms with Crippen LogP contribution in [-0.2, 0) is 6.42 Å². The summed E-state index contributed by atoms with van der Waals surface area (Å²) in [5.41, 5.74) is -0.481. The van der Waals surface area contributed by atoms with Crippen molar-refractivity contribution in [1.29, 1.82) is 0 Å². The smallest absolute Gasteiger partial charge is 0.0772 e. The lowest BCUT2D eigenvalue weighted by Gasteiger charge is -2.36. The van der Waals surface area contributed by atoms with Gasteiger partial charge in [-0.1, -0.05) is 20.3 Å². The first-order valence-electron chi connectivity index (χ1n) is 8.10. The Bertz CT molecular complexity index is 407. The van der Waals surface area contributed by atoms with E-state index in [4.69, 9.17) is 0 Å². The van der Waals surface area contributed by atoms with Crippen LogP contribution in [0, 0.1) is 5.92 Å². The zero-order chi connectivity index (χ0) is 14.6. The molecule has 0 amide bonds. The van der Waals surface area contributed by atoms with Crippen LogP contribution in [-0.4, -0.2) is 17.3 Å². The molecule has 0 aliphatic heterocycles. The van der Waals surface area contributed by atoms with E-state index >= 15 is 0 Å². The third-order valence-electron chi connectivity index (χ3n) is 4.81. The van der Waals surface area contributed by atoms with Crippen molar-refractivity contribution in [3.05, 3.63) is 21.9 Å². The number of aryl methyl sites for hydroxylation is 1. The molecule has 2 N–H and O–H groups in total. The second-order valence-corrected chi connectivity index (χ2v) is 7.54. The van der Waals surface area contributed by atoms with E-state index < -0.39 is 5.60 Å². The summed E-state index contributed by atoms with van der Waals surface area (Å²) in [4.78, 5) is 2.82. The van der Waals surface area contributed by atoms with E-state index in [1.54, 1.807) is 0 Å². The molecule has 1 aromatic heterocycles. The molecule has 0 saturated heterocycles. The van der Waals surface area contributed by atoms with Crippen molar-refractivity contribution >= 4 is 11.3 Å². The summed E-state index contributed by atoms with van der Waals surface area (Å²) < 4.78 is 0. The van der Waals surface area contributed by atoms with Gasteiger partial charge >= 0.3 is 0 Å². The van der Waals surface area contributed by atoms with Gasteiger partial charge in [-0.25, -0.2) is 0 Å². The van der Waals surface area contributed by atoms with E-state index in [1.165, 1.54) is 29.0 Å². The summed E-state index contributed by atoms with van der Waals surface area (Å²) in [6.45, 7) is 7.39. The maximum absolute atomic E-state index is 10.7. The Balaban J connectivity index is 1.82. The van der Waals surface area contributed by atoms with Crippen molar-refractivity contribution in [1.82, 2.24) is 5.32 Å². The third-order valence-corrected chi connectivity index (χ3v) is 6.22. The predicted octanol–water partition coefficient (Wildman–Crippen LogP) is 4.29. The van der Waals surface area contributed by atoms with Gasteiger partial charge in [0.15, 0.2) is 0 Å². The van der Waals surface area contributed by atoms with E-state index in [0.29, 0.717) is 6.04 Å². The number of hydrogen-bond acceptors (Lipinski definition) is 3. The third kappa shape index (κ3) is 4.06. The summed E-state index contributed by atoms with van der Waals surface area (Å²) in [6, 6.07) is 4.78. The molecule has 0 aromatic carbocycles. The molecular formula is C17H29NOS. The van der Waals surface area contributed by atoms with Crippen molar-refractivity contribution in [2.24, 2.45) is 5.92 Å². The van der Waals surface area contributed by atoms with Gasteiger partial charge in [-0.2, -0.15) is 0 Å². The highest BCUT2D eigenvalue weighted by molar-refractivity contribution is 7.12. The molecule has 1 fully saturated rings. The summed E-state index contributed by atoms with van der Waals surface area (Å²) in [5.74, 6) is 0.831. The SMILES string of the molecule is CCc1ccc(C(C)NCC2(O)CCC(CC)CC2)s1. The molecule has 1 aliphatic carbocycles. The second-order valence-electron chi connectivity index (χ2n) is 6.34. The molecule has 1 atom stereocenters. The number of aliphatic hydroxyl groups is 1. The number of rotatable bonds is 6. The quantitative estimate of drug-likeness (QED) is 0.820. The fourth-order valence-electron chi connectivity index (χ4n) is 3.06. The maximum Gasteiger partial charge on any atom is 0.0772 e. The van der Waals surface area contributed by atoms with E-state index in [-0.39, 0.29) is 0 Å². The summed E-state index contributed by atoms with van der Waals surface area (Å²) in [7, 11) is 0. The van der Waals surface area contributed by atoms with Gasteiger partial charge < -0.3 is 10.4 Å². The van der Waals surface area contributed by atoms with Crippen molar-refractivity contribution in [3.8, 4) is 0 Å². The van der Waals surface area contributed by atoms with Crippen molar-refractivity contribution in [3.63, 3.8) is 0 Å². The van der Waals surface area contributed by atoms with Gasteiger partial charge in [0.25, 0.3) is 0 Å². The standard InChI is InChI=1S/C17H29NOS/c1-4-14-8-10-17(19,11-9-14)12-18-13(3)16-7-6-15(5-2)20-16/h6-7,13-14,18-19H,4-5,8-12H2,1-3H3. The van der Waals surface area contributed by atoms with Crippen molar-refractivity contribution < 1.29 is 5.11 Å². The molecule has 2 nitrogen and oxygen atoms in total. The first-order valence-corrected chi connectivity index (χ1v) is 8.92. The molecule has 3 heteroatoms. The zero-order valence-corrected chi connectivity index (χ0v) is 13.9. The van der Waals surface area contributed by atoms with E-state index in [1.807, 2.05) is 11.3 Å². The fourth-order valence-corrected chi connectivity index (χ4v) is 4.04. The molecular weight excluding hydrogens is 266 g/mol. The van der Waals surface area contributed by atoms with Crippen LogP contribution in [0.1, 0.15) is 68.7 Å². The Morgan fingerprint density at radius 2 is 2.05 bits per heavy atom. The normalized spacial score (nSPS) is 28.5. The van der Waals surface area contributed by atoms with Crippen LogP contribution in [0.15, 0.2) is 12.1 Å². The van der Waals surface area contributed by atoms with Crippen LogP contribution in [0.5, 0.6) is 0 Å². The molecule has 1 aliphatic rings. The largest absolute Gasteiger partial charge is 0.389 e. The van der Waals surface area contributed by atoms with Gasteiger partial charge in [-0.3, -0.25) is 0 Å². The van der Waals surface area contributed by atoms with Gasteiger partial charge in [0.1, 0.15) is 0 Å². The van der Waals surface area contributed by atoms with Crippen LogP contribution in [0.2, 0.25) is 0 Å². The predicted molar refractivity (Wildman–Crippen MR) is 87.3 cm³/mol. The van der Waals surface area contributed by atoms with Gasteiger partial charge in [-0.15, -0.1) is 11.3 Å². The molecule has 1 heterocycles. The molecule has 0 radical (unpaired) electrons. The maximum atomic E-state index is 10.7. The summed E-state index contributed by atoms with van der Waals surface area (Å²) in [6.07, 6.45) is 6.64. The lowest BCUT2D eigenvalue weighted by molar-refractivity contribution is -0.0102. The van der Waals surface area contributed by atoms with Crippen molar-refractivity contribution in [2.45, 2.75) is 70.9 Å². The minimum Gasteiger partial charge on any atom is -0.389 e. The molecule has 0 spiro atoms. The molecule has 2 rings (SSSR count). The first-order chi connectivity index (χ1) is 9.56. The van der Waals surface area contributed by atoms with Gasteiger partial charge in [0, 0.05) is 22.3 Å². The van der Waals surface area contributed by atoms with E-state index in [2.05, 4.69) is 38.2 Å². The molecule has 114 valence electrons. The molecule has 0 bridgehead atoms. The monoisotopic (exact) mass is 295 g/mol. The fraction of sp³-hybridized carbons (Fsp3) is 0.765. The van der Waals surface area contributed by atoms with Crippen LogP contribution in [0.25, 0.3) is 0 Å². The highest BCUT2D eigenvalue weighted by atomic mass is 32.1.